The van der Waals surface area contributed by atoms with Crippen molar-refractivity contribution in [3.63, 3.8) is 0 Å². The van der Waals surface area contributed by atoms with Gasteiger partial charge < -0.3 is 0 Å². The molecule has 1 aromatic heterocycles. The van der Waals surface area contributed by atoms with Gasteiger partial charge in [0.25, 0.3) is 0 Å². The van der Waals surface area contributed by atoms with E-state index in [-0.39, 0.29) is 5.78 Å². The van der Waals surface area contributed by atoms with Crippen LogP contribution in [0, 0.1) is 0 Å². The van der Waals surface area contributed by atoms with Crippen molar-refractivity contribution < 1.29 is 4.79 Å². The van der Waals surface area contributed by atoms with Crippen LogP contribution in [0.3, 0.4) is 0 Å². The third-order valence-corrected chi connectivity index (χ3v) is 2.59. The Morgan fingerprint density at radius 2 is 2.20 bits per heavy atom. The molecule has 15 heavy (non-hydrogen) atoms. The molecular formula is C11H15N3O. The number of carbonyl (C=O) groups excluding carboxylic acids is 1. The zero-order chi connectivity index (χ0) is 10.7. The molecule has 0 N–H and O–H groups in total. The predicted octanol–water partition coefficient (Wildman–Crippen LogP) is 1.43. The van der Waals surface area contributed by atoms with E-state index >= 15 is 0 Å². The van der Waals surface area contributed by atoms with Crippen LogP contribution in [0.25, 0.3) is 0 Å². The van der Waals surface area contributed by atoms with E-state index in [2.05, 4.69) is 10.3 Å². The Morgan fingerprint density at radius 1 is 1.40 bits per heavy atom. The number of aryl methyl sites for hydroxylation is 1. The van der Waals surface area contributed by atoms with E-state index in [1.54, 1.807) is 10.8 Å². The van der Waals surface area contributed by atoms with Crippen molar-refractivity contribution >= 4 is 5.78 Å². The number of hydrogen-bond donors (Lipinski definition) is 0. The molecular weight excluding hydrogens is 190 g/mol. The normalized spacial score (nSPS) is 17.4. The summed E-state index contributed by atoms with van der Waals surface area (Å²) in [6.45, 7) is 0. The van der Waals surface area contributed by atoms with Gasteiger partial charge in [0.1, 0.15) is 0 Å². The lowest BCUT2D eigenvalue weighted by Gasteiger charge is -2.00. The lowest BCUT2D eigenvalue weighted by atomic mass is 10.1. The number of carbonyl (C=O) groups is 1. The van der Waals surface area contributed by atoms with Crippen LogP contribution in [0.5, 0.6) is 0 Å². The van der Waals surface area contributed by atoms with Gasteiger partial charge in [-0.3, -0.25) is 9.48 Å². The smallest absolute Gasteiger partial charge is 0.155 e. The van der Waals surface area contributed by atoms with E-state index in [1.165, 1.54) is 5.57 Å². The first-order valence-corrected chi connectivity index (χ1v) is 5.31. The van der Waals surface area contributed by atoms with E-state index in [0.29, 0.717) is 6.42 Å². The Hall–Kier alpha value is -1.45. The van der Waals surface area contributed by atoms with E-state index in [4.69, 9.17) is 0 Å². The number of allylic oxidation sites excluding steroid dienone is 2. The lowest BCUT2D eigenvalue weighted by Crippen LogP contribution is -1.94. The molecule has 1 heterocycles. The van der Waals surface area contributed by atoms with Crippen molar-refractivity contribution in [2.75, 3.05) is 0 Å². The third kappa shape index (κ3) is 2.75. The molecule has 1 aliphatic carbocycles. The van der Waals surface area contributed by atoms with Crippen molar-refractivity contribution in [2.45, 2.75) is 32.1 Å². The molecule has 4 nitrogen and oxygen atoms in total. The molecule has 1 aliphatic rings. The third-order valence-electron chi connectivity index (χ3n) is 2.59. The van der Waals surface area contributed by atoms with Crippen molar-refractivity contribution in [1.29, 1.82) is 0 Å². The van der Waals surface area contributed by atoms with Gasteiger partial charge in [-0.1, -0.05) is 10.8 Å². The summed E-state index contributed by atoms with van der Waals surface area (Å²) in [5.74, 6) is 0.256. The molecule has 0 spiro atoms. The maximum Gasteiger partial charge on any atom is 0.155 e. The van der Waals surface area contributed by atoms with Crippen LogP contribution in [0.15, 0.2) is 17.8 Å². The zero-order valence-corrected chi connectivity index (χ0v) is 8.94. The molecule has 0 fully saturated rings. The van der Waals surface area contributed by atoms with E-state index in [9.17, 15) is 4.79 Å². The highest BCUT2D eigenvalue weighted by Gasteiger charge is 2.10. The van der Waals surface area contributed by atoms with Gasteiger partial charge in [-0.2, -0.15) is 0 Å². The molecule has 0 bridgehead atoms. The summed E-state index contributed by atoms with van der Waals surface area (Å²) in [5, 5.41) is 7.91. The highest BCUT2D eigenvalue weighted by atomic mass is 16.1. The van der Waals surface area contributed by atoms with Crippen LogP contribution < -0.4 is 0 Å². The van der Waals surface area contributed by atoms with Gasteiger partial charge in [-0.15, -0.1) is 5.10 Å². The summed E-state index contributed by atoms with van der Waals surface area (Å²) in [7, 11) is 1.85. The minimum Gasteiger partial charge on any atom is -0.295 e. The molecule has 0 atom stereocenters. The van der Waals surface area contributed by atoms with E-state index in [0.717, 1.165) is 31.4 Å². The van der Waals surface area contributed by atoms with Gasteiger partial charge in [0.05, 0.1) is 5.69 Å². The summed E-state index contributed by atoms with van der Waals surface area (Å²) in [6.07, 6.45) is 8.29. The number of ketones is 1. The molecule has 0 saturated heterocycles. The Morgan fingerprint density at radius 3 is 2.93 bits per heavy atom. The van der Waals surface area contributed by atoms with Crippen molar-refractivity contribution in [3.05, 3.63) is 23.5 Å². The first-order valence-electron chi connectivity index (χ1n) is 5.31. The Kier molecular flexibility index (Phi) is 2.94. The van der Waals surface area contributed by atoms with Gasteiger partial charge in [0.2, 0.25) is 0 Å². The average molecular weight is 205 g/mol. The highest BCUT2D eigenvalue weighted by molar-refractivity contribution is 5.90. The molecule has 1 aromatic rings. The zero-order valence-electron chi connectivity index (χ0n) is 8.94. The second-order valence-corrected chi connectivity index (χ2v) is 4.04. The Labute approximate surface area is 89.0 Å². The minimum atomic E-state index is 0.256. The molecule has 0 amide bonds. The lowest BCUT2D eigenvalue weighted by molar-refractivity contribution is -0.114. The first-order chi connectivity index (χ1) is 7.24. The van der Waals surface area contributed by atoms with Crippen LogP contribution in [0.2, 0.25) is 0 Å². The monoisotopic (exact) mass is 205 g/mol. The van der Waals surface area contributed by atoms with Crippen LogP contribution in [0.1, 0.15) is 31.4 Å². The second-order valence-electron chi connectivity index (χ2n) is 4.04. The van der Waals surface area contributed by atoms with Gasteiger partial charge in [0.15, 0.2) is 5.78 Å². The van der Waals surface area contributed by atoms with E-state index < -0.39 is 0 Å². The molecule has 0 unspecified atom stereocenters. The fourth-order valence-corrected chi connectivity index (χ4v) is 1.87. The number of rotatable bonds is 2. The maximum absolute atomic E-state index is 11.4. The van der Waals surface area contributed by atoms with Gasteiger partial charge in [-0.05, 0) is 25.3 Å². The fourth-order valence-electron chi connectivity index (χ4n) is 1.87. The number of nitrogens with zero attached hydrogens (tertiary/aromatic N) is 3. The topological polar surface area (TPSA) is 47.8 Å². The SMILES string of the molecule is Cn1cc(CC2=CC(=O)CCCC2)nn1. The highest BCUT2D eigenvalue weighted by Crippen LogP contribution is 2.18. The number of hydrogen-bond acceptors (Lipinski definition) is 3. The van der Waals surface area contributed by atoms with Crippen molar-refractivity contribution in [1.82, 2.24) is 15.0 Å². The Balaban J connectivity index is 2.07. The summed E-state index contributed by atoms with van der Waals surface area (Å²) >= 11 is 0. The molecule has 2 rings (SSSR count). The van der Waals surface area contributed by atoms with Gasteiger partial charge >= 0.3 is 0 Å². The summed E-state index contributed by atoms with van der Waals surface area (Å²) in [5.41, 5.74) is 2.14. The van der Waals surface area contributed by atoms with Gasteiger partial charge in [-0.25, -0.2) is 0 Å². The van der Waals surface area contributed by atoms with Crippen molar-refractivity contribution in [3.8, 4) is 0 Å². The average Bonchev–Trinajstić information content (AvgIpc) is 2.46. The van der Waals surface area contributed by atoms with Crippen molar-refractivity contribution in [2.24, 2.45) is 7.05 Å². The molecule has 0 radical (unpaired) electrons. The molecule has 0 aromatic carbocycles. The predicted molar refractivity (Wildman–Crippen MR) is 56.3 cm³/mol. The maximum atomic E-state index is 11.4. The van der Waals surface area contributed by atoms with E-state index in [1.807, 2.05) is 13.2 Å². The quantitative estimate of drug-likeness (QED) is 0.733. The summed E-state index contributed by atoms with van der Waals surface area (Å²) in [6, 6.07) is 0. The largest absolute Gasteiger partial charge is 0.295 e. The molecule has 0 saturated carbocycles. The summed E-state index contributed by atoms with van der Waals surface area (Å²) in [4.78, 5) is 11.4. The van der Waals surface area contributed by atoms with Crippen LogP contribution in [0.4, 0.5) is 0 Å². The molecule has 0 aliphatic heterocycles. The van der Waals surface area contributed by atoms with Gasteiger partial charge in [0, 0.05) is 26.1 Å². The minimum absolute atomic E-state index is 0.256. The fraction of sp³-hybridized carbons (Fsp3) is 0.545. The standard InChI is InChI=1S/C11H15N3O/c1-14-8-10(12-13-14)6-9-4-2-3-5-11(15)7-9/h7-8H,2-6H2,1H3. The van der Waals surface area contributed by atoms with Crippen LogP contribution in [-0.4, -0.2) is 20.8 Å². The molecule has 80 valence electrons. The Bertz CT molecular complexity index is 392. The first kappa shape index (κ1) is 10.1. The summed E-state index contributed by atoms with van der Waals surface area (Å²) < 4.78 is 1.69. The van der Waals surface area contributed by atoms with Crippen LogP contribution >= 0.6 is 0 Å². The van der Waals surface area contributed by atoms with Crippen LogP contribution in [-0.2, 0) is 18.3 Å². The second kappa shape index (κ2) is 4.38. The molecule has 4 heteroatoms. The number of aromatic nitrogens is 3.